The molecule has 1 atom stereocenters. The number of carbonyl (C=O) groups excluding carboxylic acids is 2. The van der Waals surface area contributed by atoms with Crippen LogP contribution in [-0.4, -0.2) is 23.0 Å². The summed E-state index contributed by atoms with van der Waals surface area (Å²) in [7, 11) is 0. The normalized spacial score (nSPS) is 12.3. The zero-order valence-electron chi connectivity index (χ0n) is 14.2. The predicted molar refractivity (Wildman–Crippen MR) is 95.8 cm³/mol. The number of amides is 1. The van der Waals surface area contributed by atoms with Crippen molar-refractivity contribution in [2.45, 2.75) is 19.6 Å². The van der Waals surface area contributed by atoms with Gasteiger partial charge in [0.25, 0.3) is 0 Å². The Morgan fingerprint density at radius 1 is 1.12 bits per heavy atom. The number of nitrogens with zero attached hydrogens (tertiary/aromatic N) is 1. The van der Waals surface area contributed by atoms with Crippen LogP contribution in [0, 0.1) is 11.3 Å². The highest BCUT2D eigenvalue weighted by Crippen LogP contribution is 2.17. The van der Waals surface area contributed by atoms with Crippen LogP contribution in [0.3, 0.4) is 0 Å². The number of aliphatic hydroxyl groups is 1. The van der Waals surface area contributed by atoms with Crippen LogP contribution in [-0.2, 0) is 16.1 Å². The fraction of sp³-hybridized carbons (Fsp3) is 0.150. The molecular formula is C20H18N2O4. The topological polar surface area (TPSA) is 99.4 Å². The van der Waals surface area contributed by atoms with Crippen molar-refractivity contribution in [1.29, 1.82) is 5.26 Å². The number of ketones is 1. The molecule has 0 heterocycles. The molecule has 0 saturated carbocycles. The molecule has 132 valence electrons. The van der Waals surface area contributed by atoms with Crippen LogP contribution >= 0.6 is 0 Å². The molecule has 0 aliphatic heterocycles. The van der Waals surface area contributed by atoms with Gasteiger partial charge in [-0.15, -0.1) is 0 Å². The number of benzene rings is 2. The van der Waals surface area contributed by atoms with Crippen LogP contribution < -0.4 is 5.32 Å². The van der Waals surface area contributed by atoms with Crippen molar-refractivity contribution in [2.24, 2.45) is 0 Å². The molecular weight excluding hydrogens is 332 g/mol. The molecule has 6 nitrogen and oxygen atoms in total. The molecule has 1 amide bonds. The van der Waals surface area contributed by atoms with Gasteiger partial charge in [-0.25, -0.2) is 4.79 Å². The molecule has 2 rings (SSSR count). The number of hydrogen-bond acceptors (Lipinski definition) is 5. The molecule has 2 N–H and O–H groups in total. The van der Waals surface area contributed by atoms with Gasteiger partial charge in [-0.05, 0) is 12.5 Å². The molecule has 26 heavy (non-hydrogen) atoms. The second-order valence-corrected chi connectivity index (χ2v) is 5.49. The lowest BCUT2D eigenvalue weighted by Crippen LogP contribution is -2.39. The third kappa shape index (κ3) is 4.95. The molecule has 2 aromatic rings. The Hall–Kier alpha value is -3.59. The number of nitriles is 1. The average Bonchev–Trinajstić information content (AvgIpc) is 2.68. The molecule has 0 saturated heterocycles. The standard InChI is InChI=1S/C20H18N2O4/c1-14(22-20(25)26-13-15-8-4-2-5-9-15)18(23)17(12-21)19(24)16-10-6-3-7-11-16/h2-11,14,24H,13H2,1H3,(H,22,25)/b19-17-/t14-/m0/s1. The summed E-state index contributed by atoms with van der Waals surface area (Å²) in [5.41, 5.74) is 0.726. The fourth-order valence-electron chi connectivity index (χ4n) is 2.19. The zero-order valence-corrected chi connectivity index (χ0v) is 14.2. The second kappa shape index (κ2) is 9.04. The highest BCUT2D eigenvalue weighted by molar-refractivity contribution is 6.08. The summed E-state index contributed by atoms with van der Waals surface area (Å²) in [5.74, 6) is -1.13. The van der Waals surface area contributed by atoms with Crippen LogP contribution in [0.2, 0.25) is 0 Å². The van der Waals surface area contributed by atoms with E-state index in [0.29, 0.717) is 5.56 Å². The summed E-state index contributed by atoms with van der Waals surface area (Å²) in [6.07, 6.45) is -0.786. The first-order valence-corrected chi connectivity index (χ1v) is 7.93. The predicted octanol–water partition coefficient (Wildman–Crippen LogP) is 3.36. The Bertz CT molecular complexity index is 839. The van der Waals surface area contributed by atoms with E-state index in [1.54, 1.807) is 48.5 Å². The Kier molecular flexibility index (Phi) is 6.52. The van der Waals surface area contributed by atoms with Gasteiger partial charge in [-0.1, -0.05) is 60.7 Å². The van der Waals surface area contributed by atoms with E-state index in [0.717, 1.165) is 5.56 Å². The number of rotatable bonds is 6. The van der Waals surface area contributed by atoms with Crippen LogP contribution in [0.25, 0.3) is 5.76 Å². The van der Waals surface area contributed by atoms with Gasteiger partial charge in [0.15, 0.2) is 5.78 Å². The number of nitrogens with one attached hydrogen (secondary N) is 1. The van der Waals surface area contributed by atoms with Gasteiger partial charge < -0.3 is 15.2 Å². The molecule has 0 aliphatic carbocycles. The van der Waals surface area contributed by atoms with Crippen LogP contribution in [0.4, 0.5) is 4.79 Å². The highest BCUT2D eigenvalue weighted by atomic mass is 16.5. The summed E-state index contributed by atoms with van der Waals surface area (Å²) >= 11 is 0. The Balaban J connectivity index is 2.01. The molecule has 0 aliphatic rings. The minimum atomic E-state index is -1.03. The summed E-state index contributed by atoms with van der Waals surface area (Å²) in [6, 6.07) is 18.0. The van der Waals surface area contributed by atoms with Crippen molar-refractivity contribution in [3.05, 3.63) is 77.4 Å². The third-order valence-electron chi connectivity index (χ3n) is 3.58. The van der Waals surface area contributed by atoms with E-state index in [9.17, 15) is 20.0 Å². The molecule has 2 aromatic carbocycles. The number of aliphatic hydroxyl groups excluding tert-OH is 1. The molecule has 0 radical (unpaired) electrons. The van der Waals surface area contributed by atoms with Gasteiger partial charge in [-0.3, -0.25) is 4.79 Å². The highest BCUT2D eigenvalue weighted by Gasteiger charge is 2.24. The van der Waals surface area contributed by atoms with E-state index in [1.807, 2.05) is 18.2 Å². The summed E-state index contributed by atoms with van der Waals surface area (Å²) in [5, 5.41) is 21.8. The van der Waals surface area contributed by atoms with Gasteiger partial charge in [0.2, 0.25) is 0 Å². The molecule has 0 aromatic heterocycles. The first-order chi connectivity index (χ1) is 12.5. The van der Waals surface area contributed by atoms with Crippen molar-refractivity contribution in [2.75, 3.05) is 0 Å². The minimum Gasteiger partial charge on any atom is -0.506 e. The third-order valence-corrected chi connectivity index (χ3v) is 3.58. The number of Topliss-reactive ketones (excluding diaryl/α,β-unsaturated/α-hetero) is 1. The first-order valence-electron chi connectivity index (χ1n) is 7.93. The number of carbonyl (C=O) groups is 2. The smallest absolute Gasteiger partial charge is 0.408 e. The summed E-state index contributed by atoms with van der Waals surface area (Å²) in [6.45, 7) is 1.48. The maximum absolute atomic E-state index is 12.4. The van der Waals surface area contributed by atoms with Crippen molar-refractivity contribution in [1.82, 2.24) is 5.32 Å². The van der Waals surface area contributed by atoms with Crippen LogP contribution in [0.1, 0.15) is 18.1 Å². The van der Waals surface area contributed by atoms with Crippen molar-refractivity contribution in [3.8, 4) is 6.07 Å². The van der Waals surface area contributed by atoms with Gasteiger partial charge in [0, 0.05) is 5.56 Å². The van der Waals surface area contributed by atoms with Gasteiger partial charge in [-0.2, -0.15) is 5.26 Å². The quantitative estimate of drug-likeness (QED) is 0.473. The van der Waals surface area contributed by atoms with Gasteiger partial charge in [0.05, 0.1) is 6.04 Å². The molecule has 0 spiro atoms. The molecule has 0 fully saturated rings. The summed E-state index contributed by atoms with van der Waals surface area (Å²) < 4.78 is 5.04. The molecule has 6 heteroatoms. The Morgan fingerprint density at radius 2 is 1.69 bits per heavy atom. The largest absolute Gasteiger partial charge is 0.506 e. The van der Waals surface area contributed by atoms with Gasteiger partial charge in [0.1, 0.15) is 24.0 Å². The monoisotopic (exact) mass is 350 g/mol. The van der Waals surface area contributed by atoms with Crippen LogP contribution in [0.5, 0.6) is 0 Å². The van der Waals surface area contributed by atoms with E-state index in [4.69, 9.17) is 4.74 Å². The average molecular weight is 350 g/mol. The van der Waals surface area contributed by atoms with E-state index < -0.39 is 29.3 Å². The number of ether oxygens (including phenoxy) is 1. The Labute approximate surface area is 151 Å². The SMILES string of the molecule is C[C@H](NC(=O)OCc1ccccc1)C(=O)/C(C#N)=C(\O)c1ccccc1. The number of alkyl carbamates (subject to hydrolysis) is 1. The van der Waals surface area contributed by atoms with Crippen LogP contribution in [0.15, 0.2) is 66.2 Å². The lowest BCUT2D eigenvalue weighted by Gasteiger charge is -2.13. The van der Waals surface area contributed by atoms with Crippen molar-refractivity contribution < 1.29 is 19.4 Å². The number of hydrogen-bond donors (Lipinski definition) is 2. The van der Waals surface area contributed by atoms with E-state index in [1.165, 1.54) is 6.92 Å². The molecule has 0 bridgehead atoms. The maximum atomic E-state index is 12.4. The lowest BCUT2D eigenvalue weighted by atomic mass is 10.0. The summed E-state index contributed by atoms with van der Waals surface area (Å²) in [4.78, 5) is 24.2. The maximum Gasteiger partial charge on any atom is 0.408 e. The van der Waals surface area contributed by atoms with E-state index >= 15 is 0 Å². The van der Waals surface area contributed by atoms with E-state index in [-0.39, 0.29) is 6.61 Å². The van der Waals surface area contributed by atoms with E-state index in [2.05, 4.69) is 5.32 Å². The van der Waals surface area contributed by atoms with Crippen molar-refractivity contribution in [3.63, 3.8) is 0 Å². The Morgan fingerprint density at radius 3 is 2.27 bits per heavy atom. The second-order valence-electron chi connectivity index (χ2n) is 5.49. The van der Waals surface area contributed by atoms with Crippen molar-refractivity contribution >= 4 is 17.6 Å². The zero-order chi connectivity index (χ0) is 18.9. The fourth-order valence-corrected chi connectivity index (χ4v) is 2.19. The van der Waals surface area contributed by atoms with Gasteiger partial charge >= 0.3 is 6.09 Å². The minimum absolute atomic E-state index is 0.0593. The lowest BCUT2D eigenvalue weighted by molar-refractivity contribution is -0.116. The first kappa shape index (κ1) is 18.7. The molecule has 0 unspecified atom stereocenters.